The van der Waals surface area contributed by atoms with E-state index in [2.05, 4.69) is 15.0 Å². The Kier molecular flexibility index (Phi) is 7.67. The van der Waals surface area contributed by atoms with Crippen molar-refractivity contribution in [2.75, 3.05) is 20.3 Å². The lowest BCUT2D eigenvalue weighted by atomic mass is 9.96. The van der Waals surface area contributed by atoms with E-state index in [1.807, 2.05) is 0 Å². The van der Waals surface area contributed by atoms with Crippen LogP contribution in [0.15, 0.2) is 34.2 Å². The van der Waals surface area contributed by atoms with E-state index in [1.54, 1.807) is 24.3 Å². The number of sulfonamides is 1. The molecule has 2 rings (SSSR count). The van der Waals surface area contributed by atoms with Crippen LogP contribution in [-0.4, -0.2) is 40.7 Å². The Morgan fingerprint density at radius 2 is 1.92 bits per heavy atom. The Hall–Kier alpha value is -1.64. The summed E-state index contributed by atoms with van der Waals surface area (Å²) >= 11 is 0. The number of nitrogens with zero attached hydrogens (tertiary/aromatic N) is 1. The molecule has 0 aromatic heterocycles. The highest BCUT2D eigenvalue weighted by Crippen LogP contribution is 2.17. The molecule has 1 aliphatic rings. The molecule has 1 saturated carbocycles. The van der Waals surface area contributed by atoms with Gasteiger partial charge in [-0.05, 0) is 30.5 Å². The molecule has 0 spiro atoms. The van der Waals surface area contributed by atoms with Crippen molar-refractivity contribution in [3.05, 3.63) is 29.8 Å². The van der Waals surface area contributed by atoms with Gasteiger partial charge in [-0.25, -0.2) is 18.1 Å². The molecule has 0 heterocycles. The third-order valence-corrected chi connectivity index (χ3v) is 5.70. The molecule has 8 heteroatoms. The fraction of sp³-hybridized carbons (Fsp3) is 0.588. The summed E-state index contributed by atoms with van der Waals surface area (Å²) in [6, 6.07) is 7.07. The molecular weight excluding hydrogens is 340 g/mol. The Balaban J connectivity index is 1.87. The first-order chi connectivity index (χ1) is 12.0. The first kappa shape index (κ1) is 19.7. The lowest BCUT2D eigenvalue weighted by Crippen LogP contribution is -2.41. The number of aliphatic imine (C=N–C) groups is 1. The topological polar surface area (TPSA) is 106 Å². The lowest BCUT2D eigenvalue weighted by molar-refractivity contribution is 0.204. The van der Waals surface area contributed by atoms with Crippen LogP contribution < -0.4 is 15.8 Å². The van der Waals surface area contributed by atoms with E-state index in [9.17, 15) is 8.42 Å². The molecule has 0 amide bonds. The fourth-order valence-corrected chi connectivity index (χ4v) is 3.83. The quantitative estimate of drug-likeness (QED) is 0.365. The van der Waals surface area contributed by atoms with Crippen molar-refractivity contribution in [3.63, 3.8) is 0 Å². The van der Waals surface area contributed by atoms with Crippen LogP contribution in [0.2, 0.25) is 0 Å². The number of nitrogens with two attached hydrogens (primary N) is 1. The van der Waals surface area contributed by atoms with Gasteiger partial charge in [-0.2, -0.15) is 0 Å². The number of rotatable bonds is 8. The van der Waals surface area contributed by atoms with Crippen molar-refractivity contribution in [3.8, 4) is 0 Å². The van der Waals surface area contributed by atoms with Gasteiger partial charge in [-0.1, -0.05) is 31.4 Å². The van der Waals surface area contributed by atoms with Gasteiger partial charge in [-0.15, -0.1) is 0 Å². The predicted octanol–water partition coefficient (Wildman–Crippen LogP) is 1.35. The average molecular weight is 369 g/mol. The maximum absolute atomic E-state index is 12.1. The van der Waals surface area contributed by atoms with E-state index in [4.69, 9.17) is 10.5 Å². The van der Waals surface area contributed by atoms with Crippen molar-refractivity contribution in [1.29, 1.82) is 0 Å². The summed E-state index contributed by atoms with van der Waals surface area (Å²) in [5.41, 5.74) is 6.85. The van der Waals surface area contributed by atoms with Gasteiger partial charge in [0, 0.05) is 19.7 Å². The largest absolute Gasteiger partial charge is 0.383 e. The third kappa shape index (κ3) is 6.64. The highest BCUT2D eigenvalue weighted by molar-refractivity contribution is 7.89. The van der Waals surface area contributed by atoms with Crippen LogP contribution in [0, 0.1) is 0 Å². The second-order valence-corrected chi connectivity index (χ2v) is 7.98. The highest BCUT2D eigenvalue weighted by atomic mass is 32.2. The van der Waals surface area contributed by atoms with E-state index in [0.717, 1.165) is 18.4 Å². The lowest BCUT2D eigenvalue weighted by Gasteiger charge is -2.23. The van der Waals surface area contributed by atoms with Crippen LogP contribution in [0.5, 0.6) is 0 Å². The van der Waals surface area contributed by atoms with Gasteiger partial charge in [0.2, 0.25) is 10.0 Å². The van der Waals surface area contributed by atoms with Gasteiger partial charge in [0.15, 0.2) is 5.96 Å². The van der Waals surface area contributed by atoms with Crippen LogP contribution in [-0.2, 0) is 21.3 Å². The van der Waals surface area contributed by atoms with Crippen LogP contribution in [0.1, 0.15) is 37.7 Å². The summed E-state index contributed by atoms with van der Waals surface area (Å²) in [5.74, 6) is 0.449. The van der Waals surface area contributed by atoms with Crippen molar-refractivity contribution in [2.24, 2.45) is 10.7 Å². The Morgan fingerprint density at radius 1 is 1.24 bits per heavy atom. The zero-order valence-corrected chi connectivity index (χ0v) is 15.5. The maximum atomic E-state index is 12.1. The molecular formula is C17H28N4O3S. The first-order valence-corrected chi connectivity index (χ1v) is 10.1. The molecule has 0 unspecified atom stereocenters. The van der Waals surface area contributed by atoms with Gasteiger partial charge < -0.3 is 15.8 Å². The molecule has 4 N–H and O–H groups in total. The molecule has 0 aliphatic heterocycles. The normalized spacial score (nSPS) is 16.8. The minimum absolute atomic E-state index is 0.227. The minimum Gasteiger partial charge on any atom is -0.383 e. The average Bonchev–Trinajstić information content (AvgIpc) is 2.61. The Bertz CT molecular complexity index is 653. The van der Waals surface area contributed by atoms with E-state index < -0.39 is 10.0 Å². The molecule has 1 fully saturated rings. The van der Waals surface area contributed by atoms with Gasteiger partial charge >= 0.3 is 0 Å². The molecule has 7 nitrogen and oxygen atoms in total. The van der Waals surface area contributed by atoms with E-state index in [1.165, 1.54) is 26.4 Å². The van der Waals surface area contributed by atoms with Gasteiger partial charge in [-0.3, -0.25) is 0 Å². The molecule has 1 aromatic rings. The molecule has 1 aromatic carbocycles. The summed E-state index contributed by atoms with van der Waals surface area (Å²) in [7, 11) is -1.98. The van der Waals surface area contributed by atoms with Gasteiger partial charge in [0.25, 0.3) is 0 Å². The number of hydrogen-bond donors (Lipinski definition) is 3. The van der Waals surface area contributed by atoms with Crippen molar-refractivity contribution >= 4 is 16.0 Å². The number of nitrogens with one attached hydrogen (secondary N) is 2. The predicted molar refractivity (Wildman–Crippen MR) is 98.8 cm³/mol. The summed E-state index contributed by atoms with van der Waals surface area (Å²) in [5, 5.41) is 3.26. The number of methoxy groups -OCH3 is 1. The first-order valence-electron chi connectivity index (χ1n) is 8.65. The monoisotopic (exact) mass is 368 g/mol. The van der Waals surface area contributed by atoms with E-state index >= 15 is 0 Å². The summed E-state index contributed by atoms with van der Waals surface area (Å²) in [4.78, 5) is 4.57. The fourth-order valence-electron chi connectivity index (χ4n) is 2.81. The molecule has 1 aliphatic carbocycles. The standard InChI is InChI=1S/C17H28N4O3S/c1-24-12-11-20-25(22,23)16-9-7-14(8-10-16)13-19-17(18)21-15-5-3-2-4-6-15/h7-10,15,20H,2-6,11-13H2,1H3,(H3,18,19,21). The number of ether oxygens (including phenoxy) is 1. The van der Waals surface area contributed by atoms with Gasteiger partial charge in [0.1, 0.15) is 0 Å². The number of guanidine groups is 1. The van der Waals surface area contributed by atoms with Crippen molar-refractivity contribution in [1.82, 2.24) is 10.0 Å². The summed E-state index contributed by atoms with van der Waals surface area (Å²) < 4.78 is 31.5. The molecule has 140 valence electrons. The SMILES string of the molecule is COCCNS(=O)(=O)c1ccc(CN=C(N)NC2CCCCC2)cc1. The zero-order valence-electron chi connectivity index (χ0n) is 14.7. The smallest absolute Gasteiger partial charge is 0.240 e. The molecule has 0 saturated heterocycles. The maximum Gasteiger partial charge on any atom is 0.240 e. The summed E-state index contributed by atoms with van der Waals surface area (Å²) in [6.07, 6.45) is 6.04. The molecule has 0 bridgehead atoms. The van der Waals surface area contributed by atoms with E-state index in [0.29, 0.717) is 25.2 Å². The van der Waals surface area contributed by atoms with Crippen LogP contribution in [0.25, 0.3) is 0 Å². The van der Waals surface area contributed by atoms with Crippen molar-refractivity contribution in [2.45, 2.75) is 49.6 Å². The van der Waals surface area contributed by atoms with E-state index in [-0.39, 0.29) is 11.4 Å². The van der Waals surface area contributed by atoms with Crippen molar-refractivity contribution < 1.29 is 13.2 Å². The minimum atomic E-state index is -3.50. The third-order valence-electron chi connectivity index (χ3n) is 4.22. The second-order valence-electron chi connectivity index (χ2n) is 6.22. The summed E-state index contributed by atoms with van der Waals surface area (Å²) in [6.45, 7) is 0.997. The van der Waals surface area contributed by atoms with Crippen LogP contribution in [0.3, 0.4) is 0 Å². The molecule has 0 atom stereocenters. The number of benzene rings is 1. The Labute approximate surface area is 150 Å². The molecule has 0 radical (unpaired) electrons. The number of hydrogen-bond acceptors (Lipinski definition) is 4. The zero-order chi connectivity index (χ0) is 18.1. The molecule has 25 heavy (non-hydrogen) atoms. The Morgan fingerprint density at radius 3 is 2.56 bits per heavy atom. The second kappa shape index (κ2) is 9.74. The highest BCUT2D eigenvalue weighted by Gasteiger charge is 2.14. The van der Waals surface area contributed by atoms with Gasteiger partial charge in [0.05, 0.1) is 18.0 Å². The van der Waals surface area contributed by atoms with Crippen LogP contribution >= 0.6 is 0 Å². The van der Waals surface area contributed by atoms with Crippen LogP contribution in [0.4, 0.5) is 0 Å².